The van der Waals surface area contributed by atoms with Crippen molar-refractivity contribution in [3.63, 3.8) is 0 Å². The first-order valence-corrected chi connectivity index (χ1v) is 10.3. The summed E-state index contributed by atoms with van der Waals surface area (Å²) in [6.07, 6.45) is 5.88. The van der Waals surface area contributed by atoms with Gasteiger partial charge in [-0.05, 0) is 59.5 Å². The molecular formula is C20H34N4O3. The summed E-state index contributed by atoms with van der Waals surface area (Å²) < 4.78 is 10.8. The highest BCUT2D eigenvalue weighted by Gasteiger charge is 2.31. The third-order valence-corrected chi connectivity index (χ3v) is 5.97. The van der Waals surface area contributed by atoms with Gasteiger partial charge in [-0.25, -0.2) is 4.98 Å². The predicted molar refractivity (Wildman–Crippen MR) is 104 cm³/mol. The van der Waals surface area contributed by atoms with E-state index in [1.807, 2.05) is 0 Å². The van der Waals surface area contributed by atoms with Crippen LogP contribution in [0.2, 0.25) is 0 Å². The maximum Gasteiger partial charge on any atom is 0.289 e. The molecule has 152 valence electrons. The Morgan fingerprint density at radius 2 is 1.93 bits per heavy atom. The van der Waals surface area contributed by atoms with E-state index in [9.17, 15) is 4.79 Å². The molecule has 0 unspecified atom stereocenters. The van der Waals surface area contributed by atoms with Crippen LogP contribution in [-0.4, -0.2) is 78.2 Å². The lowest BCUT2D eigenvalue weighted by molar-refractivity contribution is -0.00000413. The van der Waals surface area contributed by atoms with Crippen LogP contribution in [0.15, 0.2) is 10.8 Å². The molecule has 2 aliphatic heterocycles. The van der Waals surface area contributed by atoms with E-state index in [1.165, 1.54) is 19.2 Å². The van der Waals surface area contributed by atoms with E-state index in [0.29, 0.717) is 36.1 Å². The summed E-state index contributed by atoms with van der Waals surface area (Å²) in [6, 6.07) is 1.76. The van der Waals surface area contributed by atoms with Gasteiger partial charge < -0.3 is 19.4 Å². The normalized spacial score (nSPS) is 20.5. The van der Waals surface area contributed by atoms with Crippen molar-refractivity contribution in [2.24, 2.45) is 0 Å². The van der Waals surface area contributed by atoms with E-state index in [0.717, 1.165) is 45.7 Å². The second-order valence-corrected chi connectivity index (χ2v) is 7.97. The quantitative estimate of drug-likeness (QED) is 0.783. The Bertz CT molecular complexity index is 590. The Hall–Kier alpha value is -1.44. The van der Waals surface area contributed by atoms with Crippen LogP contribution in [0.4, 0.5) is 0 Å². The molecule has 0 aliphatic carbocycles. The lowest BCUT2D eigenvalue weighted by atomic mass is 9.97. The highest BCUT2D eigenvalue weighted by molar-refractivity contribution is 5.92. The van der Waals surface area contributed by atoms with E-state index in [1.54, 1.807) is 6.92 Å². The number of aromatic nitrogens is 1. The van der Waals surface area contributed by atoms with Crippen molar-refractivity contribution < 1.29 is 13.9 Å². The van der Waals surface area contributed by atoms with Crippen LogP contribution in [0.25, 0.3) is 0 Å². The minimum absolute atomic E-state index is 0.174. The molecule has 1 amide bonds. The van der Waals surface area contributed by atoms with Gasteiger partial charge in [-0.15, -0.1) is 0 Å². The largest absolute Gasteiger partial charge is 0.438 e. The maximum absolute atomic E-state index is 12.3. The number of rotatable bonds is 7. The molecule has 0 bridgehead atoms. The van der Waals surface area contributed by atoms with E-state index >= 15 is 0 Å². The fourth-order valence-corrected chi connectivity index (χ4v) is 4.31. The molecular weight excluding hydrogens is 344 g/mol. The van der Waals surface area contributed by atoms with E-state index in [2.05, 4.69) is 33.9 Å². The lowest BCUT2D eigenvalue weighted by Gasteiger charge is -2.44. The summed E-state index contributed by atoms with van der Waals surface area (Å²) in [6.45, 7) is 11.8. The highest BCUT2D eigenvalue weighted by atomic mass is 16.5. The number of amides is 1. The topological polar surface area (TPSA) is 70.8 Å². The number of hydrogen-bond donors (Lipinski definition) is 1. The second kappa shape index (κ2) is 9.66. The molecule has 2 fully saturated rings. The predicted octanol–water partition coefficient (Wildman–Crippen LogP) is 2.07. The van der Waals surface area contributed by atoms with E-state index in [4.69, 9.17) is 9.15 Å². The molecule has 1 aromatic heterocycles. The van der Waals surface area contributed by atoms with Crippen LogP contribution in [0.1, 0.15) is 55.8 Å². The summed E-state index contributed by atoms with van der Waals surface area (Å²) in [5, 5.41) is 3.01. The summed E-state index contributed by atoms with van der Waals surface area (Å²) in [7, 11) is 0. The fraction of sp³-hybridized carbons (Fsp3) is 0.800. The SMILES string of the molecule is Cc1ncoc1C(=O)NCCN(C1CCOCC1)C1CCN(C(C)C)CC1. The first kappa shape index (κ1) is 20.3. The molecule has 2 saturated heterocycles. The molecule has 27 heavy (non-hydrogen) atoms. The van der Waals surface area contributed by atoms with Crippen molar-refractivity contribution in [1.29, 1.82) is 0 Å². The smallest absolute Gasteiger partial charge is 0.289 e. The zero-order chi connectivity index (χ0) is 19.2. The van der Waals surface area contributed by atoms with Gasteiger partial charge >= 0.3 is 0 Å². The van der Waals surface area contributed by atoms with E-state index < -0.39 is 0 Å². The minimum atomic E-state index is -0.174. The number of carbonyl (C=O) groups is 1. The summed E-state index contributed by atoms with van der Waals surface area (Å²) in [4.78, 5) is 21.5. The van der Waals surface area contributed by atoms with Crippen molar-refractivity contribution in [1.82, 2.24) is 20.1 Å². The van der Waals surface area contributed by atoms with Gasteiger partial charge in [0, 0.05) is 44.4 Å². The van der Waals surface area contributed by atoms with Crippen molar-refractivity contribution in [3.05, 3.63) is 17.8 Å². The van der Waals surface area contributed by atoms with Crippen LogP contribution in [-0.2, 0) is 4.74 Å². The average Bonchev–Trinajstić information content (AvgIpc) is 3.12. The second-order valence-electron chi connectivity index (χ2n) is 7.97. The number of piperidine rings is 1. The molecule has 1 aromatic rings. The van der Waals surface area contributed by atoms with Crippen molar-refractivity contribution in [2.45, 2.75) is 64.6 Å². The van der Waals surface area contributed by atoms with Crippen LogP contribution in [0.3, 0.4) is 0 Å². The van der Waals surface area contributed by atoms with Gasteiger partial charge in [0.25, 0.3) is 5.91 Å². The molecule has 7 heteroatoms. The number of nitrogens with one attached hydrogen (secondary N) is 1. The molecule has 7 nitrogen and oxygen atoms in total. The highest BCUT2D eigenvalue weighted by Crippen LogP contribution is 2.24. The van der Waals surface area contributed by atoms with Crippen LogP contribution in [0.5, 0.6) is 0 Å². The van der Waals surface area contributed by atoms with Gasteiger partial charge in [0.2, 0.25) is 5.76 Å². The monoisotopic (exact) mass is 378 g/mol. The zero-order valence-electron chi connectivity index (χ0n) is 16.9. The molecule has 0 aromatic carbocycles. The molecule has 0 saturated carbocycles. The van der Waals surface area contributed by atoms with Gasteiger partial charge in [0.15, 0.2) is 6.39 Å². The van der Waals surface area contributed by atoms with Gasteiger partial charge in [0.1, 0.15) is 0 Å². The number of carbonyl (C=O) groups excluding carboxylic acids is 1. The first-order valence-electron chi connectivity index (χ1n) is 10.3. The van der Waals surface area contributed by atoms with E-state index in [-0.39, 0.29) is 5.91 Å². The number of aryl methyl sites for hydroxylation is 1. The molecule has 1 N–H and O–H groups in total. The van der Waals surface area contributed by atoms with Crippen molar-refractivity contribution >= 4 is 5.91 Å². The Morgan fingerprint density at radius 3 is 2.52 bits per heavy atom. The summed E-state index contributed by atoms with van der Waals surface area (Å²) in [5.41, 5.74) is 0.634. The van der Waals surface area contributed by atoms with Gasteiger partial charge in [-0.2, -0.15) is 0 Å². The van der Waals surface area contributed by atoms with Crippen molar-refractivity contribution in [2.75, 3.05) is 39.4 Å². The summed E-state index contributed by atoms with van der Waals surface area (Å²) in [5.74, 6) is 0.143. The number of hydrogen-bond acceptors (Lipinski definition) is 6. The van der Waals surface area contributed by atoms with Gasteiger partial charge in [-0.3, -0.25) is 9.69 Å². The Morgan fingerprint density at radius 1 is 1.26 bits per heavy atom. The Kier molecular flexibility index (Phi) is 7.26. The fourth-order valence-electron chi connectivity index (χ4n) is 4.31. The standard InChI is InChI=1S/C20H34N4O3/c1-15(2)23-9-4-17(5-10-23)24(18-6-12-26-13-7-18)11-8-21-20(25)19-16(3)22-14-27-19/h14-15,17-18H,4-13H2,1-3H3,(H,21,25). The van der Waals surface area contributed by atoms with Gasteiger partial charge in [0.05, 0.1) is 5.69 Å². The van der Waals surface area contributed by atoms with Crippen molar-refractivity contribution in [3.8, 4) is 0 Å². The number of likely N-dealkylation sites (tertiary alicyclic amines) is 1. The molecule has 3 rings (SSSR count). The zero-order valence-corrected chi connectivity index (χ0v) is 16.9. The number of nitrogens with zero attached hydrogens (tertiary/aromatic N) is 3. The minimum Gasteiger partial charge on any atom is -0.438 e. The molecule has 0 atom stereocenters. The number of ether oxygens (including phenoxy) is 1. The van der Waals surface area contributed by atoms with Gasteiger partial charge in [-0.1, -0.05) is 0 Å². The molecule has 2 aliphatic rings. The first-order chi connectivity index (χ1) is 13.1. The molecule has 3 heterocycles. The third-order valence-electron chi connectivity index (χ3n) is 5.97. The Labute approximate surface area is 162 Å². The molecule has 0 spiro atoms. The lowest BCUT2D eigenvalue weighted by Crippen LogP contribution is -2.53. The average molecular weight is 379 g/mol. The third kappa shape index (κ3) is 5.30. The summed E-state index contributed by atoms with van der Waals surface area (Å²) >= 11 is 0. The Balaban J connectivity index is 1.55. The number of oxazole rings is 1. The maximum atomic E-state index is 12.3. The molecule has 0 radical (unpaired) electrons. The van der Waals surface area contributed by atoms with Crippen LogP contribution in [0, 0.1) is 6.92 Å². The van der Waals surface area contributed by atoms with Crippen LogP contribution >= 0.6 is 0 Å². The van der Waals surface area contributed by atoms with Crippen LogP contribution < -0.4 is 5.32 Å².